The standard InChI is InChI=1S/C9H11N3O2S/c1-5-9(6(2)11-10-5)12-7(13)3-15-4-8(12)14/h3-4H2,1-2H3,(H,10,11). The van der Waals surface area contributed by atoms with Gasteiger partial charge in [-0.05, 0) is 13.8 Å². The Hall–Kier alpha value is -1.30. The zero-order valence-electron chi connectivity index (χ0n) is 8.53. The number of aryl methyl sites for hydroxylation is 2. The van der Waals surface area contributed by atoms with Crippen LogP contribution in [0.1, 0.15) is 11.4 Å². The number of nitrogens with one attached hydrogen (secondary N) is 1. The summed E-state index contributed by atoms with van der Waals surface area (Å²) in [5.74, 6) is 0.388. The van der Waals surface area contributed by atoms with Crippen molar-refractivity contribution in [1.29, 1.82) is 0 Å². The number of nitrogens with zero attached hydrogens (tertiary/aromatic N) is 2. The van der Waals surface area contributed by atoms with Crippen molar-refractivity contribution in [1.82, 2.24) is 10.2 Å². The number of hydrogen-bond donors (Lipinski definition) is 1. The molecule has 0 saturated carbocycles. The van der Waals surface area contributed by atoms with E-state index in [0.717, 1.165) is 5.69 Å². The monoisotopic (exact) mass is 225 g/mol. The van der Waals surface area contributed by atoms with Crippen LogP contribution in [0.3, 0.4) is 0 Å². The van der Waals surface area contributed by atoms with Crippen LogP contribution >= 0.6 is 11.8 Å². The highest BCUT2D eigenvalue weighted by molar-refractivity contribution is 8.00. The van der Waals surface area contributed by atoms with E-state index in [2.05, 4.69) is 10.2 Å². The molecule has 1 aliphatic rings. The fraction of sp³-hybridized carbons (Fsp3) is 0.444. The molecular weight excluding hydrogens is 214 g/mol. The molecule has 2 heterocycles. The maximum absolute atomic E-state index is 11.7. The van der Waals surface area contributed by atoms with Gasteiger partial charge in [-0.15, -0.1) is 11.8 Å². The van der Waals surface area contributed by atoms with Gasteiger partial charge in [-0.25, -0.2) is 4.90 Å². The third-order valence-corrected chi connectivity index (χ3v) is 3.16. The van der Waals surface area contributed by atoms with Gasteiger partial charge < -0.3 is 0 Å². The van der Waals surface area contributed by atoms with Gasteiger partial charge in [-0.3, -0.25) is 14.7 Å². The summed E-state index contributed by atoms with van der Waals surface area (Å²) < 4.78 is 0. The van der Waals surface area contributed by atoms with Crippen LogP contribution in [0.2, 0.25) is 0 Å². The normalized spacial score (nSPS) is 17.3. The lowest BCUT2D eigenvalue weighted by Crippen LogP contribution is -2.43. The summed E-state index contributed by atoms with van der Waals surface area (Å²) in [5.41, 5.74) is 2.05. The molecule has 5 nitrogen and oxygen atoms in total. The van der Waals surface area contributed by atoms with Crippen LogP contribution in [-0.4, -0.2) is 33.5 Å². The number of anilines is 1. The zero-order chi connectivity index (χ0) is 11.0. The molecule has 2 rings (SSSR count). The van der Waals surface area contributed by atoms with Gasteiger partial charge >= 0.3 is 0 Å². The van der Waals surface area contributed by atoms with Crippen LogP contribution in [0, 0.1) is 13.8 Å². The van der Waals surface area contributed by atoms with E-state index >= 15 is 0 Å². The number of amides is 2. The molecule has 6 heteroatoms. The maximum atomic E-state index is 11.7. The van der Waals surface area contributed by atoms with Gasteiger partial charge in [0.1, 0.15) is 0 Å². The first-order chi connectivity index (χ1) is 7.11. The van der Waals surface area contributed by atoms with Crippen molar-refractivity contribution >= 4 is 29.3 Å². The van der Waals surface area contributed by atoms with Gasteiger partial charge in [-0.2, -0.15) is 5.10 Å². The van der Waals surface area contributed by atoms with E-state index in [9.17, 15) is 9.59 Å². The summed E-state index contributed by atoms with van der Waals surface area (Å²) in [6.45, 7) is 3.58. The molecule has 0 spiro atoms. The van der Waals surface area contributed by atoms with Crippen molar-refractivity contribution in [2.75, 3.05) is 16.4 Å². The number of aromatic amines is 1. The van der Waals surface area contributed by atoms with Crippen molar-refractivity contribution in [3.8, 4) is 0 Å². The second-order valence-electron chi connectivity index (χ2n) is 3.40. The first-order valence-electron chi connectivity index (χ1n) is 4.56. The Morgan fingerprint density at radius 1 is 1.27 bits per heavy atom. The minimum atomic E-state index is -0.163. The summed E-state index contributed by atoms with van der Waals surface area (Å²) in [7, 11) is 0. The number of imide groups is 1. The maximum Gasteiger partial charge on any atom is 0.243 e. The molecule has 1 saturated heterocycles. The Bertz CT molecular complexity index is 391. The van der Waals surface area contributed by atoms with Gasteiger partial charge in [0.15, 0.2) is 0 Å². The Labute approximate surface area is 91.2 Å². The molecule has 80 valence electrons. The number of carbonyl (C=O) groups is 2. The van der Waals surface area contributed by atoms with Gasteiger partial charge in [-0.1, -0.05) is 0 Å². The second-order valence-corrected chi connectivity index (χ2v) is 4.38. The highest BCUT2D eigenvalue weighted by atomic mass is 32.2. The molecule has 0 bridgehead atoms. The number of thioether (sulfide) groups is 1. The predicted molar refractivity (Wildman–Crippen MR) is 57.9 cm³/mol. The van der Waals surface area contributed by atoms with Crippen molar-refractivity contribution < 1.29 is 9.59 Å². The van der Waals surface area contributed by atoms with E-state index in [1.54, 1.807) is 13.8 Å². The van der Waals surface area contributed by atoms with E-state index < -0.39 is 0 Å². The molecule has 0 unspecified atom stereocenters. The van der Waals surface area contributed by atoms with Crippen LogP contribution < -0.4 is 4.90 Å². The van der Waals surface area contributed by atoms with Gasteiger partial charge in [0, 0.05) is 0 Å². The van der Waals surface area contributed by atoms with Crippen LogP contribution in [0.5, 0.6) is 0 Å². The predicted octanol–water partition coefficient (Wildman–Crippen LogP) is 0.633. The summed E-state index contributed by atoms with van der Waals surface area (Å²) in [6, 6.07) is 0. The van der Waals surface area contributed by atoms with Gasteiger partial charge in [0.25, 0.3) is 0 Å². The quantitative estimate of drug-likeness (QED) is 0.712. The second kappa shape index (κ2) is 3.69. The Balaban J connectivity index is 2.44. The summed E-state index contributed by atoms with van der Waals surface area (Å²) in [5, 5.41) is 6.75. The van der Waals surface area contributed by atoms with E-state index in [0.29, 0.717) is 22.9 Å². The molecular formula is C9H11N3O2S. The first-order valence-corrected chi connectivity index (χ1v) is 5.72. The highest BCUT2D eigenvalue weighted by Crippen LogP contribution is 2.26. The lowest BCUT2D eigenvalue weighted by molar-refractivity contribution is -0.124. The number of H-pyrrole nitrogens is 1. The Morgan fingerprint density at radius 2 is 1.87 bits per heavy atom. The third-order valence-electron chi connectivity index (χ3n) is 2.26. The number of carbonyl (C=O) groups excluding carboxylic acids is 2. The van der Waals surface area contributed by atoms with Crippen LogP contribution in [0.15, 0.2) is 0 Å². The van der Waals surface area contributed by atoms with Gasteiger partial charge in [0.05, 0.1) is 28.6 Å². The number of rotatable bonds is 1. The highest BCUT2D eigenvalue weighted by Gasteiger charge is 2.31. The van der Waals surface area contributed by atoms with Crippen molar-refractivity contribution in [2.24, 2.45) is 0 Å². The lowest BCUT2D eigenvalue weighted by Gasteiger charge is -2.24. The number of aromatic nitrogens is 2. The Morgan fingerprint density at radius 3 is 2.33 bits per heavy atom. The first kappa shape index (κ1) is 10.2. The van der Waals surface area contributed by atoms with Crippen LogP contribution in [0.4, 0.5) is 5.69 Å². The minimum Gasteiger partial charge on any atom is -0.280 e. The summed E-state index contributed by atoms with van der Waals surface area (Å²) in [6.07, 6.45) is 0. The fourth-order valence-corrected chi connectivity index (χ4v) is 2.33. The Kier molecular flexibility index (Phi) is 2.52. The van der Waals surface area contributed by atoms with Crippen LogP contribution in [0.25, 0.3) is 0 Å². The molecule has 15 heavy (non-hydrogen) atoms. The van der Waals surface area contributed by atoms with Crippen LogP contribution in [-0.2, 0) is 9.59 Å². The smallest absolute Gasteiger partial charge is 0.243 e. The van der Waals surface area contributed by atoms with E-state index in [1.165, 1.54) is 16.7 Å². The zero-order valence-corrected chi connectivity index (χ0v) is 9.35. The third kappa shape index (κ3) is 1.65. The lowest BCUT2D eigenvalue weighted by atomic mass is 10.2. The van der Waals surface area contributed by atoms with Crippen molar-refractivity contribution in [3.63, 3.8) is 0 Å². The van der Waals surface area contributed by atoms with E-state index in [1.807, 2.05) is 0 Å². The van der Waals surface area contributed by atoms with E-state index in [4.69, 9.17) is 0 Å². The summed E-state index contributed by atoms with van der Waals surface area (Å²) >= 11 is 1.35. The SMILES string of the molecule is Cc1n[nH]c(C)c1N1C(=O)CSCC1=O. The molecule has 1 fully saturated rings. The molecule has 1 aromatic rings. The molecule has 1 aromatic heterocycles. The molecule has 0 atom stereocenters. The molecule has 0 aromatic carbocycles. The van der Waals surface area contributed by atoms with E-state index in [-0.39, 0.29) is 11.8 Å². The average Bonchev–Trinajstić information content (AvgIpc) is 2.49. The molecule has 1 aliphatic heterocycles. The van der Waals surface area contributed by atoms with Gasteiger partial charge in [0.2, 0.25) is 11.8 Å². The van der Waals surface area contributed by atoms with Crippen molar-refractivity contribution in [3.05, 3.63) is 11.4 Å². The largest absolute Gasteiger partial charge is 0.280 e. The summed E-state index contributed by atoms with van der Waals surface area (Å²) in [4.78, 5) is 24.5. The minimum absolute atomic E-state index is 0.163. The topological polar surface area (TPSA) is 66.1 Å². The van der Waals surface area contributed by atoms with Crippen molar-refractivity contribution in [2.45, 2.75) is 13.8 Å². The fourth-order valence-electron chi connectivity index (χ4n) is 1.62. The number of hydrogen-bond acceptors (Lipinski definition) is 4. The molecule has 0 radical (unpaired) electrons. The molecule has 0 aliphatic carbocycles. The molecule has 1 N–H and O–H groups in total. The molecule has 2 amide bonds. The average molecular weight is 225 g/mol.